The summed E-state index contributed by atoms with van der Waals surface area (Å²) in [5.74, 6) is 1.53. The normalized spacial score (nSPS) is 11.0. The third kappa shape index (κ3) is 7.10. The van der Waals surface area contributed by atoms with Crippen LogP contribution in [-0.4, -0.2) is 20.7 Å². The number of hydrogen-bond acceptors (Lipinski definition) is 4. The lowest BCUT2D eigenvalue weighted by atomic mass is 10.1. The molecule has 0 saturated carbocycles. The second-order valence-corrected chi connectivity index (χ2v) is 9.26. The number of aryl methyl sites for hydroxylation is 1. The molecule has 1 aromatic heterocycles. The SMILES string of the molecule is CCCCCCCC(=O)NCc1nnc(SCc2ccccc2)n1-c1cc(Cl)ccc1C. The molecule has 0 bridgehead atoms. The molecule has 3 rings (SSSR count). The topological polar surface area (TPSA) is 59.8 Å². The van der Waals surface area contributed by atoms with E-state index in [4.69, 9.17) is 11.6 Å². The van der Waals surface area contributed by atoms with Crippen LogP contribution in [0.3, 0.4) is 0 Å². The van der Waals surface area contributed by atoms with Crippen LogP contribution in [0.15, 0.2) is 53.7 Å². The average Bonchev–Trinajstić information content (AvgIpc) is 3.21. The molecule has 0 unspecified atom stereocenters. The molecule has 0 radical (unpaired) electrons. The molecule has 0 aliphatic carbocycles. The lowest BCUT2D eigenvalue weighted by molar-refractivity contribution is -0.121. The Kier molecular flexibility index (Phi) is 9.62. The number of halogens is 1. The molecule has 170 valence electrons. The fourth-order valence-electron chi connectivity index (χ4n) is 3.45. The Morgan fingerprint density at radius 3 is 2.62 bits per heavy atom. The van der Waals surface area contributed by atoms with Gasteiger partial charge in [0.2, 0.25) is 5.91 Å². The summed E-state index contributed by atoms with van der Waals surface area (Å²) in [6.07, 6.45) is 6.18. The van der Waals surface area contributed by atoms with Gasteiger partial charge in [0.05, 0.1) is 12.2 Å². The molecule has 1 amide bonds. The van der Waals surface area contributed by atoms with Crippen LogP contribution in [-0.2, 0) is 17.1 Å². The maximum atomic E-state index is 12.3. The number of benzene rings is 2. The van der Waals surface area contributed by atoms with E-state index in [0.717, 1.165) is 35.0 Å². The number of carbonyl (C=O) groups is 1. The summed E-state index contributed by atoms with van der Waals surface area (Å²) in [7, 11) is 0. The van der Waals surface area contributed by atoms with Crippen LogP contribution in [0.5, 0.6) is 0 Å². The Bertz CT molecular complexity index is 1010. The van der Waals surface area contributed by atoms with Crippen molar-refractivity contribution in [2.75, 3.05) is 0 Å². The number of nitrogens with one attached hydrogen (secondary N) is 1. The molecule has 32 heavy (non-hydrogen) atoms. The van der Waals surface area contributed by atoms with Crippen molar-refractivity contribution < 1.29 is 4.79 Å². The molecule has 0 aliphatic heterocycles. The van der Waals surface area contributed by atoms with Gasteiger partial charge in [0.25, 0.3) is 0 Å². The Hall–Kier alpha value is -2.31. The Morgan fingerprint density at radius 2 is 1.84 bits per heavy atom. The van der Waals surface area contributed by atoms with Crippen molar-refractivity contribution in [1.82, 2.24) is 20.1 Å². The van der Waals surface area contributed by atoms with Gasteiger partial charge in [0.15, 0.2) is 11.0 Å². The highest BCUT2D eigenvalue weighted by Gasteiger charge is 2.17. The van der Waals surface area contributed by atoms with Gasteiger partial charge in [-0.05, 0) is 36.6 Å². The third-order valence-corrected chi connectivity index (χ3v) is 6.51. The molecule has 0 saturated heterocycles. The van der Waals surface area contributed by atoms with E-state index >= 15 is 0 Å². The minimum atomic E-state index is 0.0531. The van der Waals surface area contributed by atoms with E-state index in [9.17, 15) is 4.79 Å². The average molecular weight is 471 g/mol. The summed E-state index contributed by atoms with van der Waals surface area (Å²) in [6.45, 7) is 4.56. The second-order valence-electron chi connectivity index (χ2n) is 7.88. The molecular formula is C25H31ClN4OS. The number of thioether (sulfide) groups is 1. The molecule has 7 heteroatoms. The number of rotatable bonds is 12. The van der Waals surface area contributed by atoms with Gasteiger partial charge in [-0.15, -0.1) is 10.2 Å². The summed E-state index contributed by atoms with van der Waals surface area (Å²) in [5, 5.41) is 13.3. The highest BCUT2D eigenvalue weighted by atomic mass is 35.5. The lowest BCUT2D eigenvalue weighted by Crippen LogP contribution is -2.24. The summed E-state index contributed by atoms with van der Waals surface area (Å²) in [5.41, 5.74) is 3.22. The molecule has 0 fully saturated rings. The molecule has 5 nitrogen and oxygen atoms in total. The molecule has 0 aliphatic rings. The number of carbonyl (C=O) groups excluding carboxylic acids is 1. The van der Waals surface area contributed by atoms with Crippen LogP contribution in [0.25, 0.3) is 5.69 Å². The second kappa shape index (κ2) is 12.7. The Balaban J connectivity index is 1.73. The number of amides is 1. The van der Waals surface area contributed by atoms with Crippen molar-refractivity contribution in [1.29, 1.82) is 0 Å². The summed E-state index contributed by atoms with van der Waals surface area (Å²) >= 11 is 7.92. The maximum absolute atomic E-state index is 12.3. The zero-order chi connectivity index (χ0) is 22.8. The molecule has 0 atom stereocenters. The molecule has 1 heterocycles. The summed E-state index contributed by atoms with van der Waals surface area (Å²) < 4.78 is 2.01. The van der Waals surface area contributed by atoms with Crippen molar-refractivity contribution in [2.24, 2.45) is 0 Å². The number of hydrogen-bond donors (Lipinski definition) is 1. The van der Waals surface area contributed by atoms with Crippen LogP contribution < -0.4 is 5.32 Å². The van der Waals surface area contributed by atoms with E-state index in [1.807, 2.05) is 47.9 Å². The molecule has 2 aromatic carbocycles. The standard InChI is InChI=1S/C25H31ClN4OS/c1-3-4-5-6-10-13-24(31)27-17-23-28-29-25(32-18-20-11-8-7-9-12-20)30(23)22-16-21(26)15-14-19(22)2/h7-9,11-12,14-16H,3-6,10,13,17-18H2,1-2H3,(H,27,31). The molecular weight excluding hydrogens is 440 g/mol. The van der Waals surface area contributed by atoms with Crippen molar-refractivity contribution in [3.63, 3.8) is 0 Å². The Morgan fingerprint density at radius 1 is 1.06 bits per heavy atom. The van der Waals surface area contributed by atoms with Gasteiger partial charge < -0.3 is 5.32 Å². The van der Waals surface area contributed by atoms with Crippen molar-refractivity contribution in [2.45, 2.75) is 69.8 Å². The van der Waals surface area contributed by atoms with E-state index in [1.165, 1.54) is 24.8 Å². The first-order valence-electron chi connectivity index (χ1n) is 11.2. The fourth-order valence-corrected chi connectivity index (χ4v) is 4.54. The van der Waals surface area contributed by atoms with Crippen LogP contribution in [0.4, 0.5) is 0 Å². The maximum Gasteiger partial charge on any atom is 0.220 e. The monoisotopic (exact) mass is 470 g/mol. The van der Waals surface area contributed by atoms with Crippen LogP contribution in [0, 0.1) is 6.92 Å². The van der Waals surface area contributed by atoms with Gasteiger partial charge >= 0.3 is 0 Å². The molecule has 0 spiro atoms. The Labute approximate surface area is 200 Å². The number of nitrogens with zero attached hydrogens (tertiary/aromatic N) is 3. The van der Waals surface area contributed by atoms with Crippen LogP contribution >= 0.6 is 23.4 Å². The van der Waals surface area contributed by atoms with E-state index in [0.29, 0.717) is 23.8 Å². The van der Waals surface area contributed by atoms with Crippen molar-refractivity contribution >= 4 is 29.3 Å². The first-order valence-corrected chi connectivity index (χ1v) is 12.6. The van der Waals surface area contributed by atoms with E-state index in [2.05, 4.69) is 34.6 Å². The van der Waals surface area contributed by atoms with Gasteiger partial charge in [-0.2, -0.15) is 0 Å². The lowest BCUT2D eigenvalue weighted by Gasteiger charge is -2.14. The minimum Gasteiger partial charge on any atom is -0.349 e. The van der Waals surface area contributed by atoms with Gasteiger partial charge in [0, 0.05) is 17.2 Å². The smallest absolute Gasteiger partial charge is 0.220 e. The summed E-state index contributed by atoms with van der Waals surface area (Å²) in [6, 6.07) is 16.1. The third-order valence-electron chi connectivity index (χ3n) is 5.27. The quantitative estimate of drug-likeness (QED) is 0.242. The van der Waals surface area contributed by atoms with Gasteiger partial charge in [0.1, 0.15) is 0 Å². The largest absolute Gasteiger partial charge is 0.349 e. The zero-order valence-electron chi connectivity index (χ0n) is 18.8. The number of aromatic nitrogens is 3. The zero-order valence-corrected chi connectivity index (χ0v) is 20.4. The molecule has 1 N–H and O–H groups in total. The summed E-state index contributed by atoms with van der Waals surface area (Å²) in [4.78, 5) is 12.3. The first-order chi connectivity index (χ1) is 15.6. The predicted octanol–water partition coefficient (Wildman–Crippen LogP) is 6.50. The van der Waals surface area contributed by atoms with E-state index < -0.39 is 0 Å². The van der Waals surface area contributed by atoms with Crippen LogP contribution in [0.2, 0.25) is 5.02 Å². The molecule has 3 aromatic rings. The number of unbranched alkanes of at least 4 members (excludes halogenated alkanes) is 4. The van der Waals surface area contributed by atoms with Gasteiger partial charge in [-0.25, -0.2) is 0 Å². The van der Waals surface area contributed by atoms with Gasteiger partial charge in [-0.3, -0.25) is 9.36 Å². The predicted molar refractivity (Wildman–Crippen MR) is 132 cm³/mol. The highest BCUT2D eigenvalue weighted by Crippen LogP contribution is 2.28. The van der Waals surface area contributed by atoms with Crippen molar-refractivity contribution in [3.8, 4) is 5.69 Å². The van der Waals surface area contributed by atoms with Crippen LogP contribution in [0.1, 0.15) is 62.4 Å². The van der Waals surface area contributed by atoms with E-state index in [-0.39, 0.29) is 5.91 Å². The minimum absolute atomic E-state index is 0.0531. The fraction of sp³-hybridized carbons (Fsp3) is 0.400. The first kappa shape index (κ1) is 24.3. The van der Waals surface area contributed by atoms with Crippen molar-refractivity contribution in [3.05, 3.63) is 70.5 Å². The highest BCUT2D eigenvalue weighted by molar-refractivity contribution is 7.98. The van der Waals surface area contributed by atoms with Gasteiger partial charge in [-0.1, -0.05) is 92.4 Å². The van der Waals surface area contributed by atoms with E-state index in [1.54, 1.807) is 11.8 Å².